The fourth-order valence-electron chi connectivity index (χ4n) is 4.38. The predicted octanol–water partition coefficient (Wildman–Crippen LogP) is 5.57. The Bertz CT molecular complexity index is 1570. The number of carbonyl (C=O) groups excluding carboxylic acids is 1. The Morgan fingerprint density at radius 1 is 0.925 bits per heavy atom. The van der Waals surface area contributed by atoms with Crippen LogP contribution >= 0.6 is 27.7 Å². The van der Waals surface area contributed by atoms with Crippen LogP contribution in [0.3, 0.4) is 0 Å². The van der Waals surface area contributed by atoms with Crippen molar-refractivity contribution < 1.29 is 17.6 Å². The van der Waals surface area contributed by atoms with Gasteiger partial charge in [-0.3, -0.25) is 9.36 Å². The van der Waals surface area contributed by atoms with Gasteiger partial charge in [-0.1, -0.05) is 46.2 Å². The highest BCUT2D eigenvalue weighted by atomic mass is 79.9. The molecule has 1 saturated heterocycles. The van der Waals surface area contributed by atoms with Gasteiger partial charge in [0.25, 0.3) is 5.91 Å². The molecule has 1 aliphatic heterocycles. The highest BCUT2D eigenvalue weighted by molar-refractivity contribution is 9.10. The van der Waals surface area contributed by atoms with E-state index in [0.717, 1.165) is 29.3 Å². The third-order valence-corrected chi connectivity index (χ3v) is 9.98. The minimum absolute atomic E-state index is 0.0654. The van der Waals surface area contributed by atoms with Crippen molar-refractivity contribution in [3.8, 4) is 5.69 Å². The molecule has 5 rings (SSSR count). The summed E-state index contributed by atoms with van der Waals surface area (Å²) in [5.41, 5.74) is 2.10. The van der Waals surface area contributed by atoms with Gasteiger partial charge in [0, 0.05) is 34.6 Å². The third kappa shape index (κ3) is 6.63. The van der Waals surface area contributed by atoms with Crippen molar-refractivity contribution in [1.82, 2.24) is 24.4 Å². The van der Waals surface area contributed by atoms with Gasteiger partial charge in [0.2, 0.25) is 10.0 Å². The van der Waals surface area contributed by atoms with E-state index in [4.69, 9.17) is 0 Å². The van der Waals surface area contributed by atoms with Crippen LogP contribution in [0.5, 0.6) is 0 Å². The number of amides is 1. The van der Waals surface area contributed by atoms with Crippen molar-refractivity contribution in [1.29, 1.82) is 0 Å². The standard InChI is InChI=1S/C28H27BrFN5O3S2/c29-22-8-4-20(5-9-22)19-39-28-33-32-26(35(28)24-12-10-23(30)11-13-24)18-31-27(36)21-6-14-25(15-7-21)40(37,38)34-16-2-1-3-17-34/h4-15H,1-3,16-19H2,(H,31,36). The molecule has 12 heteroatoms. The van der Waals surface area contributed by atoms with Crippen LogP contribution < -0.4 is 5.32 Å². The first-order valence-corrected chi connectivity index (χ1v) is 16.0. The molecule has 0 spiro atoms. The Balaban J connectivity index is 1.30. The van der Waals surface area contributed by atoms with Crippen molar-refractivity contribution in [3.05, 3.63) is 100 Å². The number of nitrogens with one attached hydrogen (secondary N) is 1. The predicted molar refractivity (Wildman–Crippen MR) is 155 cm³/mol. The van der Waals surface area contributed by atoms with Crippen LogP contribution in [0.1, 0.15) is 41.0 Å². The summed E-state index contributed by atoms with van der Waals surface area (Å²) in [6.07, 6.45) is 2.74. The second kappa shape index (κ2) is 12.6. The Morgan fingerprint density at radius 2 is 1.60 bits per heavy atom. The number of hydrogen-bond acceptors (Lipinski definition) is 6. The summed E-state index contributed by atoms with van der Waals surface area (Å²) >= 11 is 4.92. The second-order valence-electron chi connectivity index (χ2n) is 9.30. The SMILES string of the molecule is O=C(NCc1nnc(SCc2ccc(Br)cc2)n1-c1ccc(F)cc1)c1ccc(S(=O)(=O)N2CCCCC2)cc1. The van der Waals surface area contributed by atoms with Gasteiger partial charge >= 0.3 is 0 Å². The Kier molecular flexibility index (Phi) is 8.99. The van der Waals surface area contributed by atoms with E-state index in [2.05, 4.69) is 31.4 Å². The molecular formula is C28H27BrFN5O3S2. The van der Waals surface area contributed by atoms with Gasteiger partial charge < -0.3 is 5.32 Å². The molecule has 0 aliphatic carbocycles. The van der Waals surface area contributed by atoms with E-state index >= 15 is 0 Å². The van der Waals surface area contributed by atoms with Crippen LogP contribution in [-0.2, 0) is 22.3 Å². The van der Waals surface area contributed by atoms with E-state index in [1.807, 2.05) is 24.3 Å². The first-order valence-electron chi connectivity index (χ1n) is 12.8. The van der Waals surface area contributed by atoms with E-state index in [1.54, 1.807) is 16.7 Å². The molecule has 1 aliphatic rings. The molecule has 1 amide bonds. The molecule has 1 N–H and O–H groups in total. The average molecular weight is 645 g/mol. The van der Waals surface area contributed by atoms with Crippen molar-refractivity contribution in [2.75, 3.05) is 13.1 Å². The lowest BCUT2D eigenvalue weighted by atomic mass is 10.2. The minimum atomic E-state index is -3.58. The van der Waals surface area contributed by atoms with E-state index in [9.17, 15) is 17.6 Å². The summed E-state index contributed by atoms with van der Waals surface area (Å²) in [6.45, 7) is 1.10. The highest BCUT2D eigenvalue weighted by Gasteiger charge is 2.26. The van der Waals surface area contributed by atoms with E-state index in [1.165, 1.54) is 52.5 Å². The summed E-state index contributed by atoms with van der Waals surface area (Å²) in [5.74, 6) is 0.384. The zero-order valence-corrected chi connectivity index (χ0v) is 24.7. The number of carbonyl (C=O) groups is 1. The summed E-state index contributed by atoms with van der Waals surface area (Å²) in [4.78, 5) is 13.1. The number of sulfonamides is 1. The highest BCUT2D eigenvalue weighted by Crippen LogP contribution is 2.26. The van der Waals surface area contributed by atoms with Gasteiger partial charge in [-0.25, -0.2) is 12.8 Å². The maximum Gasteiger partial charge on any atom is 0.251 e. The first kappa shape index (κ1) is 28.5. The first-order chi connectivity index (χ1) is 19.3. The minimum Gasteiger partial charge on any atom is -0.345 e. The Morgan fingerprint density at radius 3 is 2.27 bits per heavy atom. The van der Waals surface area contributed by atoms with Crippen LogP contribution in [0, 0.1) is 5.82 Å². The second-order valence-corrected chi connectivity index (χ2v) is 13.1. The number of thioether (sulfide) groups is 1. The summed E-state index contributed by atoms with van der Waals surface area (Å²) in [6, 6.07) is 19.9. The third-order valence-electron chi connectivity index (χ3n) is 6.54. The average Bonchev–Trinajstić information content (AvgIpc) is 3.39. The lowest BCUT2D eigenvalue weighted by Crippen LogP contribution is -2.35. The van der Waals surface area contributed by atoms with E-state index in [0.29, 0.717) is 41.1 Å². The van der Waals surface area contributed by atoms with Gasteiger partial charge in [0.15, 0.2) is 11.0 Å². The summed E-state index contributed by atoms with van der Waals surface area (Å²) in [5, 5.41) is 12.1. The molecule has 0 atom stereocenters. The molecule has 208 valence electrons. The van der Waals surface area contributed by atoms with Crippen molar-refractivity contribution in [2.24, 2.45) is 0 Å². The molecule has 0 bridgehead atoms. The lowest BCUT2D eigenvalue weighted by molar-refractivity contribution is 0.0949. The Labute approximate surface area is 245 Å². The molecule has 0 saturated carbocycles. The van der Waals surface area contributed by atoms with Crippen LogP contribution in [0.25, 0.3) is 5.69 Å². The maximum absolute atomic E-state index is 13.6. The van der Waals surface area contributed by atoms with Gasteiger partial charge in [-0.05, 0) is 79.1 Å². The number of aromatic nitrogens is 3. The molecule has 0 radical (unpaired) electrons. The van der Waals surface area contributed by atoms with Crippen LogP contribution in [0.4, 0.5) is 4.39 Å². The molecule has 3 aromatic carbocycles. The molecule has 2 heterocycles. The topological polar surface area (TPSA) is 97.2 Å². The van der Waals surface area contributed by atoms with Gasteiger partial charge in [0.1, 0.15) is 5.82 Å². The van der Waals surface area contributed by atoms with E-state index < -0.39 is 10.0 Å². The summed E-state index contributed by atoms with van der Waals surface area (Å²) in [7, 11) is -3.58. The molecule has 1 fully saturated rings. The number of nitrogens with zero attached hydrogens (tertiary/aromatic N) is 4. The van der Waals surface area contributed by atoms with E-state index in [-0.39, 0.29) is 23.2 Å². The molecule has 0 unspecified atom stereocenters. The molecule has 40 heavy (non-hydrogen) atoms. The van der Waals surface area contributed by atoms with Crippen LogP contribution in [0.2, 0.25) is 0 Å². The van der Waals surface area contributed by atoms with Gasteiger partial charge in [0.05, 0.1) is 11.4 Å². The fourth-order valence-corrected chi connectivity index (χ4v) is 7.09. The smallest absolute Gasteiger partial charge is 0.251 e. The molecule has 8 nitrogen and oxygen atoms in total. The number of rotatable bonds is 9. The number of piperidine rings is 1. The lowest BCUT2D eigenvalue weighted by Gasteiger charge is -2.25. The van der Waals surface area contributed by atoms with Gasteiger partial charge in [-0.2, -0.15) is 4.31 Å². The molecular weight excluding hydrogens is 617 g/mol. The quantitative estimate of drug-likeness (QED) is 0.240. The zero-order chi connectivity index (χ0) is 28.1. The number of hydrogen-bond donors (Lipinski definition) is 1. The van der Waals surface area contributed by atoms with Crippen LogP contribution in [0.15, 0.2) is 87.3 Å². The normalized spacial score (nSPS) is 14.2. The van der Waals surface area contributed by atoms with Crippen molar-refractivity contribution in [2.45, 2.75) is 41.6 Å². The number of benzene rings is 3. The summed E-state index contributed by atoms with van der Waals surface area (Å²) < 4.78 is 43.7. The monoisotopic (exact) mass is 643 g/mol. The molecule has 4 aromatic rings. The maximum atomic E-state index is 13.6. The molecule has 1 aromatic heterocycles. The number of halogens is 2. The van der Waals surface area contributed by atoms with Crippen LogP contribution in [-0.4, -0.2) is 46.5 Å². The van der Waals surface area contributed by atoms with Crippen molar-refractivity contribution >= 4 is 43.6 Å². The fraction of sp³-hybridized carbons (Fsp3) is 0.250. The largest absolute Gasteiger partial charge is 0.345 e. The van der Waals surface area contributed by atoms with Crippen molar-refractivity contribution in [3.63, 3.8) is 0 Å². The van der Waals surface area contributed by atoms with Gasteiger partial charge in [-0.15, -0.1) is 10.2 Å². The zero-order valence-electron chi connectivity index (χ0n) is 21.5. The Hall–Kier alpha value is -3.06.